The second-order valence-electron chi connectivity index (χ2n) is 3.98. The number of carbonyl (C=O) groups excluding carboxylic acids is 1. The number of rotatable bonds is 3. The maximum atomic E-state index is 10.6. The third-order valence-electron chi connectivity index (χ3n) is 2.65. The second-order valence-corrected chi connectivity index (χ2v) is 3.98. The molecule has 4 heteroatoms. The largest absolute Gasteiger partial charge is 0.369 e. The highest BCUT2D eigenvalue weighted by Gasteiger charge is 2.23. The molecule has 1 fully saturated rings. The number of piperidine rings is 1. The van der Waals surface area contributed by atoms with Gasteiger partial charge in [0.05, 0.1) is 6.54 Å². The van der Waals surface area contributed by atoms with E-state index in [2.05, 4.69) is 24.2 Å². The van der Waals surface area contributed by atoms with Gasteiger partial charge in [0.25, 0.3) is 0 Å². The first kappa shape index (κ1) is 10.5. The van der Waals surface area contributed by atoms with E-state index in [1.54, 1.807) is 0 Å². The predicted molar refractivity (Wildman–Crippen MR) is 52.3 cm³/mol. The van der Waals surface area contributed by atoms with Crippen LogP contribution in [0.15, 0.2) is 0 Å². The van der Waals surface area contributed by atoms with Crippen LogP contribution in [0.4, 0.5) is 0 Å². The van der Waals surface area contributed by atoms with Crippen LogP contribution in [0.3, 0.4) is 0 Å². The molecule has 2 atom stereocenters. The van der Waals surface area contributed by atoms with Crippen molar-refractivity contribution in [3.63, 3.8) is 0 Å². The van der Waals surface area contributed by atoms with Gasteiger partial charge in [-0.25, -0.2) is 0 Å². The Hall–Kier alpha value is -0.610. The average molecular weight is 185 g/mol. The van der Waals surface area contributed by atoms with Gasteiger partial charge in [0.1, 0.15) is 0 Å². The van der Waals surface area contributed by atoms with Crippen LogP contribution in [-0.2, 0) is 4.79 Å². The molecule has 1 saturated heterocycles. The molecule has 2 unspecified atom stereocenters. The van der Waals surface area contributed by atoms with Gasteiger partial charge >= 0.3 is 0 Å². The highest BCUT2D eigenvalue weighted by atomic mass is 16.1. The van der Waals surface area contributed by atoms with Crippen molar-refractivity contribution in [1.29, 1.82) is 0 Å². The first-order valence-corrected chi connectivity index (χ1v) is 4.80. The summed E-state index contributed by atoms with van der Waals surface area (Å²) in [7, 11) is 2.13. The zero-order chi connectivity index (χ0) is 9.84. The molecule has 3 N–H and O–H groups in total. The van der Waals surface area contributed by atoms with Crippen LogP contribution in [0.1, 0.15) is 13.3 Å². The van der Waals surface area contributed by atoms with Crippen molar-refractivity contribution in [3.8, 4) is 0 Å². The number of hydrogen-bond donors (Lipinski definition) is 2. The van der Waals surface area contributed by atoms with Crippen molar-refractivity contribution in [1.82, 2.24) is 10.2 Å². The fourth-order valence-corrected chi connectivity index (χ4v) is 1.89. The number of nitrogens with one attached hydrogen (secondary N) is 1. The van der Waals surface area contributed by atoms with Gasteiger partial charge in [-0.2, -0.15) is 0 Å². The molecule has 0 aromatic rings. The van der Waals surface area contributed by atoms with E-state index in [-0.39, 0.29) is 5.91 Å². The van der Waals surface area contributed by atoms with Crippen molar-refractivity contribution in [2.75, 3.05) is 26.7 Å². The Morgan fingerprint density at radius 2 is 2.38 bits per heavy atom. The van der Waals surface area contributed by atoms with Crippen LogP contribution in [0.2, 0.25) is 0 Å². The standard InChI is InChI=1S/C9H19N3O/c1-7-6-12(2)4-3-8(7)11-5-9(10)13/h7-8,11H,3-6H2,1-2H3,(H2,10,13). The van der Waals surface area contributed by atoms with Crippen molar-refractivity contribution in [3.05, 3.63) is 0 Å². The first-order valence-electron chi connectivity index (χ1n) is 4.80. The molecule has 4 nitrogen and oxygen atoms in total. The lowest BCUT2D eigenvalue weighted by atomic mass is 9.94. The average Bonchev–Trinajstić information content (AvgIpc) is 2.02. The van der Waals surface area contributed by atoms with Gasteiger partial charge in [0.15, 0.2) is 0 Å². The number of carbonyl (C=O) groups is 1. The Kier molecular flexibility index (Phi) is 3.69. The topological polar surface area (TPSA) is 58.4 Å². The maximum Gasteiger partial charge on any atom is 0.231 e. The summed E-state index contributed by atoms with van der Waals surface area (Å²) in [5.41, 5.74) is 5.07. The number of amides is 1. The summed E-state index contributed by atoms with van der Waals surface area (Å²) in [5, 5.41) is 3.19. The van der Waals surface area contributed by atoms with E-state index in [0.717, 1.165) is 19.5 Å². The van der Waals surface area contributed by atoms with Crippen molar-refractivity contribution in [2.45, 2.75) is 19.4 Å². The number of hydrogen-bond acceptors (Lipinski definition) is 3. The minimum absolute atomic E-state index is 0.272. The predicted octanol–water partition coefficient (Wildman–Crippen LogP) is -0.598. The van der Waals surface area contributed by atoms with E-state index in [1.807, 2.05) is 0 Å². The highest BCUT2D eigenvalue weighted by Crippen LogP contribution is 2.14. The quantitative estimate of drug-likeness (QED) is 0.617. The van der Waals surface area contributed by atoms with E-state index in [1.165, 1.54) is 0 Å². The summed E-state index contributed by atoms with van der Waals surface area (Å²) in [6.45, 7) is 4.70. The minimum Gasteiger partial charge on any atom is -0.369 e. The maximum absolute atomic E-state index is 10.6. The van der Waals surface area contributed by atoms with E-state index in [9.17, 15) is 4.79 Å². The molecule has 0 spiro atoms. The zero-order valence-electron chi connectivity index (χ0n) is 8.42. The van der Waals surface area contributed by atoms with E-state index < -0.39 is 0 Å². The Morgan fingerprint density at radius 3 is 2.92 bits per heavy atom. The van der Waals surface area contributed by atoms with Crippen LogP contribution < -0.4 is 11.1 Å². The number of likely N-dealkylation sites (tertiary alicyclic amines) is 1. The number of primary amides is 1. The van der Waals surface area contributed by atoms with Crippen LogP contribution in [0, 0.1) is 5.92 Å². The SMILES string of the molecule is CC1CN(C)CCC1NCC(N)=O. The van der Waals surface area contributed by atoms with Gasteiger partial charge < -0.3 is 16.0 Å². The molecule has 1 amide bonds. The van der Waals surface area contributed by atoms with Crippen LogP contribution in [0.5, 0.6) is 0 Å². The third kappa shape index (κ3) is 3.32. The van der Waals surface area contributed by atoms with Crippen molar-refractivity contribution >= 4 is 5.91 Å². The molecule has 0 aromatic heterocycles. The van der Waals surface area contributed by atoms with E-state index in [4.69, 9.17) is 5.73 Å². The van der Waals surface area contributed by atoms with Crippen molar-refractivity contribution in [2.24, 2.45) is 11.7 Å². The summed E-state index contributed by atoms with van der Waals surface area (Å²) < 4.78 is 0. The van der Waals surface area contributed by atoms with Crippen LogP contribution in [-0.4, -0.2) is 43.5 Å². The summed E-state index contributed by atoms with van der Waals surface area (Å²) in [6, 6.07) is 0.448. The first-order chi connectivity index (χ1) is 6.09. The Balaban J connectivity index is 2.29. The van der Waals surface area contributed by atoms with Gasteiger partial charge in [-0.05, 0) is 25.9 Å². The lowest BCUT2D eigenvalue weighted by Gasteiger charge is -2.35. The molecule has 0 saturated carbocycles. The minimum atomic E-state index is -0.272. The Labute approximate surface area is 79.5 Å². The van der Waals surface area contributed by atoms with E-state index >= 15 is 0 Å². The summed E-state index contributed by atoms with van der Waals surface area (Å²) in [4.78, 5) is 12.9. The molecule has 0 aromatic carbocycles. The summed E-state index contributed by atoms with van der Waals surface area (Å²) >= 11 is 0. The fraction of sp³-hybridized carbons (Fsp3) is 0.889. The summed E-state index contributed by atoms with van der Waals surface area (Å²) in [5.74, 6) is 0.323. The molecule has 13 heavy (non-hydrogen) atoms. The third-order valence-corrected chi connectivity index (χ3v) is 2.65. The van der Waals surface area contributed by atoms with Gasteiger partial charge in [-0.15, -0.1) is 0 Å². The molecule has 1 aliphatic rings. The Bertz CT molecular complexity index is 184. The van der Waals surface area contributed by atoms with Gasteiger partial charge in [0.2, 0.25) is 5.91 Å². The Morgan fingerprint density at radius 1 is 1.69 bits per heavy atom. The van der Waals surface area contributed by atoms with Crippen LogP contribution in [0.25, 0.3) is 0 Å². The fourth-order valence-electron chi connectivity index (χ4n) is 1.89. The molecular weight excluding hydrogens is 166 g/mol. The van der Waals surface area contributed by atoms with Crippen molar-refractivity contribution < 1.29 is 4.79 Å². The molecule has 0 radical (unpaired) electrons. The van der Waals surface area contributed by atoms with E-state index in [0.29, 0.717) is 18.5 Å². The van der Waals surface area contributed by atoms with Gasteiger partial charge in [0, 0.05) is 12.6 Å². The van der Waals surface area contributed by atoms with Gasteiger partial charge in [-0.1, -0.05) is 6.92 Å². The molecule has 0 aliphatic carbocycles. The monoisotopic (exact) mass is 185 g/mol. The van der Waals surface area contributed by atoms with Crippen LogP contribution >= 0.6 is 0 Å². The molecule has 1 rings (SSSR count). The number of nitrogens with two attached hydrogens (primary N) is 1. The second kappa shape index (κ2) is 4.58. The zero-order valence-corrected chi connectivity index (χ0v) is 8.42. The lowest BCUT2D eigenvalue weighted by molar-refractivity contribution is -0.117. The number of nitrogens with zero attached hydrogens (tertiary/aromatic N) is 1. The molecule has 76 valence electrons. The highest BCUT2D eigenvalue weighted by molar-refractivity contribution is 5.75. The lowest BCUT2D eigenvalue weighted by Crippen LogP contribution is -2.48. The van der Waals surface area contributed by atoms with Gasteiger partial charge in [-0.3, -0.25) is 4.79 Å². The molecule has 1 heterocycles. The molecule has 1 aliphatic heterocycles. The molecule has 0 bridgehead atoms. The molecular formula is C9H19N3O. The smallest absolute Gasteiger partial charge is 0.231 e. The summed E-state index contributed by atoms with van der Waals surface area (Å²) in [6.07, 6.45) is 1.10. The normalized spacial score (nSPS) is 30.3.